The Morgan fingerprint density at radius 3 is 2.33 bits per heavy atom. The van der Waals surface area contributed by atoms with E-state index in [4.69, 9.17) is 5.73 Å². The van der Waals surface area contributed by atoms with Gasteiger partial charge in [0, 0.05) is 12.1 Å². The largest absolute Gasteiger partial charge is 0.345 e. The molecule has 0 bridgehead atoms. The number of nitrogens with two attached hydrogens (primary N) is 1. The van der Waals surface area contributed by atoms with E-state index < -0.39 is 0 Å². The van der Waals surface area contributed by atoms with Crippen LogP contribution in [0.3, 0.4) is 0 Å². The second-order valence-electron chi connectivity index (χ2n) is 4.96. The highest BCUT2D eigenvalue weighted by Gasteiger charge is 2.27. The first-order valence-electron chi connectivity index (χ1n) is 6.58. The van der Waals surface area contributed by atoms with Crippen LogP contribution in [0.5, 0.6) is 0 Å². The molecule has 3 nitrogen and oxygen atoms in total. The SMILES string of the molecule is CCC(CC)(CN)NC(=O)c1ccc(C)cc1C. The molecule has 100 valence electrons. The number of benzene rings is 1. The lowest BCUT2D eigenvalue weighted by atomic mass is 9.92. The third-order valence-corrected chi connectivity index (χ3v) is 3.75. The highest BCUT2D eigenvalue weighted by molar-refractivity contribution is 5.96. The van der Waals surface area contributed by atoms with Crippen molar-refractivity contribution in [3.63, 3.8) is 0 Å². The molecule has 0 aliphatic rings. The van der Waals surface area contributed by atoms with Crippen molar-refractivity contribution in [3.8, 4) is 0 Å². The Hall–Kier alpha value is -1.35. The van der Waals surface area contributed by atoms with Crippen LogP contribution >= 0.6 is 0 Å². The number of nitrogens with one attached hydrogen (secondary N) is 1. The van der Waals surface area contributed by atoms with E-state index in [1.165, 1.54) is 5.56 Å². The van der Waals surface area contributed by atoms with Crippen molar-refractivity contribution in [2.24, 2.45) is 5.73 Å². The highest BCUT2D eigenvalue weighted by Crippen LogP contribution is 2.16. The molecule has 0 radical (unpaired) electrons. The van der Waals surface area contributed by atoms with Crippen LogP contribution in [0.15, 0.2) is 18.2 Å². The van der Waals surface area contributed by atoms with Crippen LogP contribution in [-0.4, -0.2) is 18.0 Å². The molecule has 0 aliphatic heterocycles. The maximum atomic E-state index is 12.3. The first kappa shape index (κ1) is 14.7. The van der Waals surface area contributed by atoms with Gasteiger partial charge in [-0.05, 0) is 38.3 Å². The number of aryl methyl sites for hydroxylation is 2. The molecule has 1 amide bonds. The average Bonchev–Trinajstić information content (AvgIpc) is 2.36. The Bertz CT molecular complexity index is 414. The number of carbonyl (C=O) groups is 1. The lowest BCUT2D eigenvalue weighted by molar-refractivity contribution is 0.0894. The van der Waals surface area contributed by atoms with Gasteiger partial charge in [0.2, 0.25) is 0 Å². The molecular formula is C15H24N2O. The molecule has 0 heterocycles. The van der Waals surface area contributed by atoms with E-state index in [0.29, 0.717) is 6.54 Å². The van der Waals surface area contributed by atoms with Crippen molar-refractivity contribution in [1.82, 2.24) is 5.32 Å². The average molecular weight is 248 g/mol. The second-order valence-corrected chi connectivity index (χ2v) is 4.96. The summed E-state index contributed by atoms with van der Waals surface area (Å²) in [5.74, 6) is -0.0262. The summed E-state index contributed by atoms with van der Waals surface area (Å²) >= 11 is 0. The van der Waals surface area contributed by atoms with E-state index in [1.54, 1.807) is 0 Å². The Morgan fingerprint density at radius 1 is 1.28 bits per heavy atom. The molecule has 3 N–H and O–H groups in total. The van der Waals surface area contributed by atoms with Crippen molar-refractivity contribution >= 4 is 5.91 Å². The van der Waals surface area contributed by atoms with Crippen LogP contribution < -0.4 is 11.1 Å². The molecule has 0 aromatic heterocycles. The van der Waals surface area contributed by atoms with Gasteiger partial charge in [0.05, 0.1) is 5.54 Å². The molecular weight excluding hydrogens is 224 g/mol. The van der Waals surface area contributed by atoms with E-state index in [-0.39, 0.29) is 11.4 Å². The van der Waals surface area contributed by atoms with Gasteiger partial charge < -0.3 is 11.1 Å². The molecule has 1 aromatic carbocycles. The smallest absolute Gasteiger partial charge is 0.252 e. The fourth-order valence-corrected chi connectivity index (χ4v) is 2.14. The van der Waals surface area contributed by atoms with Crippen LogP contribution in [0.4, 0.5) is 0 Å². The van der Waals surface area contributed by atoms with E-state index >= 15 is 0 Å². The first-order chi connectivity index (χ1) is 8.48. The van der Waals surface area contributed by atoms with Crippen molar-refractivity contribution in [2.75, 3.05) is 6.54 Å². The van der Waals surface area contributed by atoms with Crippen LogP contribution in [0, 0.1) is 13.8 Å². The summed E-state index contributed by atoms with van der Waals surface area (Å²) in [4.78, 5) is 12.3. The molecule has 3 heteroatoms. The summed E-state index contributed by atoms with van der Waals surface area (Å²) < 4.78 is 0. The predicted octanol–water partition coefficient (Wildman–Crippen LogP) is 2.55. The summed E-state index contributed by atoms with van der Waals surface area (Å²) in [6.07, 6.45) is 1.69. The molecule has 0 saturated heterocycles. The molecule has 1 aromatic rings. The molecule has 0 unspecified atom stereocenters. The lowest BCUT2D eigenvalue weighted by Crippen LogP contribution is -2.53. The zero-order chi connectivity index (χ0) is 13.8. The predicted molar refractivity (Wildman–Crippen MR) is 75.7 cm³/mol. The minimum absolute atomic E-state index is 0.0262. The van der Waals surface area contributed by atoms with E-state index in [0.717, 1.165) is 24.0 Å². The van der Waals surface area contributed by atoms with Crippen LogP contribution in [-0.2, 0) is 0 Å². The summed E-state index contributed by atoms with van der Waals surface area (Å²) in [6.45, 7) is 8.56. The maximum Gasteiger partial charge on any atom is 0.252 e. The quantitative estimate of drug-likeness (QED) is 0.841. The molecule has 0 fully saturated rings. The van der Waals surface area contributed by atoms with Crippen molar-refractivity contribution in [1.29, 1.82) is 0 Å². The zero-order valence-corrected chi connectivity index (χ0v) is 11.8. The van der Waals surface area contributed by atoms with Gasteiger partial charge in [0.15, 0.2) is 0 Å². The fourth-order valence-electron chi connectivity index (χ4n) is 2.14. The minimum atomic E-state index is -0.283. The normalized spacial score (nSPS) is 11.4. The lowest BCUT2D eigenvalue weighted by Gasteiger charge is -2.31. The minimum Gasteiger partial charge on any atom is -0.345 e. The van der Waals surface area contributed by atoms with Gasteiger partial charge in [-0.3, -0.25) is 4.79 Å². The molecule has 1 rings (SSSR count). The Morgan fingerprint density at radius 2 is 1.89 bits per heavy atom. The fraction of sp³-hybridized carbons (Fsp3) is 0.533. The molecule has 0 atom stereocenters. The van der Waals surface area contributed by atoms with E-state index in [9.17, 15) is 4.79 Å². The second kappa shape index (κ2) is 6.01. The van der Waals surface area contributed by atoms with E-state index in [1.807, 2.05) is 32.0 Å². The number of hydrogen-bond acceptors (Lipinski definition) is 2. The summed E-state index contributed by atoms with van der Waals surface area (Å²) in [5, 5.41) is 3.09. The Kier molecular flexibility index (Phi) is 4.91. The van der Waals surface area contributed by atoms with Crippen molar-refractivity contribution in [2.45, 2.75) is 46.1 Å². The topological polar surface area (TPSA) is 55.1 Å². The van der Waals surface area contributed by atoms with Gasteiger partial charge in [-0.15, -0.1) is 0 Å². The number of carbonyl (C=O) groups excluding carboxylic acids is 1. The van der Waals surface area contributed by atoms with Crippen molar-refractivity contribution < 1.29 is 4.79 Å². The third-order valence-electron chi connectivity index (χ3n) is 3.75. The van der Waals surface area contributed by atoms with Gasteiger partial charge >= 0.3 is 0 Å². The summed E-state index contributed by atoms with van der Waals surface area (Å²) in [5.41, 5.74) is 8.43. The molecule has 0 aliphatic carbocycles. The van der Waals surface area contributed by atoms with Crippen LogP contribution in [0.25, 0.3) is 0 Å². The first-order valence-corrected chi connectivity index (χ1v) is 6.58. The number of hydrogen-bond donors (Lipinski definition) is 2. The number of rotatable bonds is 5. The molecule has 0 spiro atoms. The highest BCUT2D eigenvalue weighted by atomic mass is 16.1. The molecule has 0 saturated carbocycles. The monoisotopic (exact) mass is 248 g/mol. The van der Waals surface area contributed by atoms with E-state index in [2.05, 4.69) is 19.2 Å². The zero-order valence-electron chi connectivity index (χ0n) is 11.8. The third kappa shape index (κ3) is 3.10. The van der Waals surface area contributed by atoms with Gasteiger partial charge in [-0.2, -0.15) is 0 Å². The Balaban J connectivity index is 2.94. The van der Waals surface area contributed by atoms with Crippen LogP contribution in [0.2, 0.25) is 0 Å². The van der Waals surface area contributed by atoms with Crippen LogP contribution in [0.1, 0.15) is 48.2 Å². The maximum absolute atomic E-state index is 12.3. The van der Waals surface area contributed by atoms with Gasteiger partial charge in [-0.25, -0.2) is 0 Å². The standard InChI is InChI=1S/C15H24N2O/c1-5-15(6-2,10-16)17-14(18)13-8-7-11(3)9-12(13)4/h7-9H,5-6,10,16H2,1-4H3,(H,17,18). The van der Waals surface area contributed by atoms with Gasteiger partial charge in [0.25, 0.3) is 5.91 Å². The summed E-state index contributed by atoms with van der Waals surface area (Å²) in [7, 11) is 0. The van der Waals surface area contributed by atoms with Gasteiger partial charge in [0.1, 0.15) is 0 Å². The summed E-state index contributed by atoms with van der Waals surface area (Å²) in [6, 6.07) is 5.87. The van der Waals surface area contributed by atoms with Crippen molar-refractivity contribution in [3.05, 3.63) is 34.9 Å². The molecule has 18 heavy (non-hydrogen) atoms. The number of amides is 1. The Labute approximate surface area is 110 Å². The van der Waals surface area contributed by atoms with Gasteiger partial charge in [-0.1, -0.05) is 31.5 Å².